The molecule has 0 nitrogen and oxygen atoms in total. The average molecular weight is 396 g/mol. The fourth-order valence-corrected chi connectivity index (χ4v) is 6.87. The van der Waals surface area contributed by atoms with Gasteiger partial charge in [0.25, 0.3) is 0 Å². The molecule has 0 aliphatic carbocycles. The second-order valence-electron chi connectivity index (χ2n) is 6.50. The molecule has 136 valence electrons. The minimum atomic E-state index is -0.656. The van der Waals surface area contributed by atoms with E-state index in [9.17, 15) is 0 Å². The van der Waals surface area contributed by atoms with Crippen LogP contribution in [-0.2, 0) is 0 Å². The Morgan fingerprint density at radius 1 is 0.464 bits per heavy atom. The summed E-state index contributed by atoms with van der Waals surface area (Å²) in [6.07, 6.45) is 0. The highest BCUT2D eigenvalue weighted by atomic mass is 31.2. The van der Waals surface area contributed by atoms with Crippen LogP contribution in [0, 0.1) is 0 Å². The second-order valence-corrected chi connectivity index (χ2v) is 9.75. The Bertz CT molecular complexity index is 960. The largest absolute Gasteiger partial charge is 0.104 e. The Labute approximate surface area is 170 Å². The molecule has 1 unspecified atom stereocenters. The predicted octanol–water partition coefficient (Wildman–Crippen LogP) is 6.41. The van der Waals surface area contributed by atoms with Crippen LogP contribution in [0.1, 0.15) is 11.1 Å². The van der Waals surface area contributed by atoms with Crippen molar-refractivity contribution in [2.75, 3.05) is 0 Å². The third-order valence-corrected chi connectivity index (χ3v) is 8.05. The molecule has 4 aromatic carbocycles. The van der Waals surface area contributed by atoms with E-state index in [2.05, 4.69) is 131 Å². The minimum absolute atomic E-state index is 0.656. The van der Waals surface area contributed by atoms with E-state index in [1.807, 2.05) is 0 Å². The van der Waals surface area contributed by atoms with Crippen LogP contribution >= 0.6 is 17.2 Å². The van der Waals surface area contributed by atoms with Gasteiger partial charge in [0.05, 0.1) is 0 Å². The van der Waals surface area contributed by atoms with Gasteiger partial charge in [-0.3, -0.25) is 0 Å². The van der Waals surface area contributed by atoms with E-state index in [0.717, 1.165) is 0 Å². The van der Waals surface area contributed by atoms with Gasteiger partial charge in [0.1, 0.15) is 0 Å². The zero-order valence-corrected chi connectivity index (χ0v) is 17.6. The van der Waals surface area contributed by atoms with Crippen molar-refractivity contribution in [1.29, 1.82) is 0 Å². The topological polar surface area (TPSA) is 0 Å². The first-order valence-corrected chi connectivity index (χ1v) is 11.3. The van der Waals surface area contributed by atoms with Crippen molar-refractivity contribution in [2.45, 2.75) is 0 Å². The second kappa shape index (κ2) is 9.11. The smallest absolute Gasteiger partial charge is 0.00287 e. The van der Waals surface area contributed by atoms with Crippen molar-refractivity contribution in [3.05, 3.63) is 138 Å². The van der Waals surface area contributed by atoms with E-state index < -0.39 is 7.92 Å². The minimum Gasteiger partial charge on any atom is -0.104 e. The number of rotatable bonds is 5. The van der Waals surface area contributed by atoms with Crippen LogP contribution in [0.15, 0.2) is 126 Å². The molecule has 0 fully saturated rings. The van der Waals surface area contributed by atoms with Crippen LogP contribution in [0.4, 0.5) is 0 Å². The highest BCUT2D eigenvalue weighted by Gasteiger charge is 2.20. The van der Waals surface area contributed by atoms with E-state index in [-0.39, 0.29) is 0 Å². The highest BCUT2D eigenvalue weighted by Crippen LogP contribution is 2.51. The van der Waals surface area contributed by atoms with Gasteiger partial charge in [-0.15, -0.1) is 9.24 Å². The van der Waals surface area contributed by atoms with Gasteiger partial charge in [-0.05, 0) is 40.3 Å². The van der Waals surface area contributed by atoms with E-state index in [0.29, 0.717) is 0 Å². The summed E-state index contributed by atoms with van der Waals surface area (Å²) in [4.78, 5) is 0. The monoisotopic (exact) mass is 396 g/mol. The highest BCUT2D eigenvalue weighted by molar-refractivity contribution is 7.83. The molecule has 1 atom stereocenters. The summed E-state index contributed by atoms with van der Waals surface area (Å²) < 4.78 is 0. The van der Waals surface area contributed by atoms with Crippen LogP contribution < -0.4 is 10.6 Å². The van der Waals surface area contributed by atoms with Crippen LogP contribution in [0.2, 0.25) is 0 Å². The normalized spacial score (nSPS) is 10.6. The standard InChI is InChI=1S/C26H22P2/c27-26(25(21-13-5-1-6-14-21)22-15-7-2-8-16-22)28(23-17-9-3-10-18-23)24-19-11-4-12-20-24/h1-20H,27H2. The number of hydrogen-bond donors (Lipinski definition) is 0. The zero-order chi connectivity index (χ0) is 19.2. The molecular formula is C26H22P2. The zero-order valence-electron chi connectivity index (χ0n) is 15.6. The average Bonchev–Trinajstić information content (AvgIpc) is 2.77. The number of hydrogen-bond acceptors (Lipinski definition) is 0. The molecule has 0 spiro atoms. The third kappa shape index (κ3) is 4.15. The molecule has 0 bridgehead atoms. The summed E-state index contributed by atoms with van der Waals surface area (Å²) in [5.74, 6) is 0. The van der Waals surface area contributed by atoms with Crippen LogP contribution in [-0.4, -0.2) is 0 Å². The fourth-order valence-electron chi connectivity index (χ4n) is 3.37. The lowest BCUT2D eigenvalue weighted by atomic mass is 10.00. The molecule has 0 aromatic heterocycles. The fraction of sp³-hybridized carbons (Fsp3) is 0. The first-order valence-electron chi connectivity index (χ1n) is 9.35. The molecule has 4 aromatic rings. The lowest BCUT2D eigenvalue weighted by molar-refractivity contribution is 1.55. The van der Waals surface area contributed by atoms with E-state index >= 15 is 0 Å². The van der Waals surface area contributed by atoms with Crippen molar-refractivity contribution in [3.8, 4) is 0 Å². The Kier molecular flexibility index (Phi) is 6.13. The van der Waals surface area contributed by atoms with Crippen LogP contribution in [0.5, 0.6) is 0 Å². The van der Waals surface area contributed by atoms with Gasteiger partial charge in [-0.2, -0.15) is 0 Å². The maximum Gasteiger partial charge on any atom is -0.00287 e. The third-order valence-electron chi connectivity index (χ3n) is 4.65. The predicted molar refractivity (Wildman–Crippen MR) is 128 cm³/mol. The Balaban J connectivity index is 1.97. The molecule has 0 amide bonds. The lowest BCUT2D eigenvalue weighted by Crippen LogP contribution is -2.12. The molecule has 0 saturated carbocycles. The van der Waals surface area contributed by atoms with E-state index in [4.69, 9.17) is 0 Å². The molecule has 28 heavy (non-hydrogen) atoms. The Hall–Kier alpha value is -2.52. The van der Waals surface area contributed by atoms with Gasteiger partial charge < -0.3 is 0 Å². The quantitative estimate of drug-likeness (QED) is 0.342. The van der Waals surface area contributed by atoms with Gasteiger partial charge in [-0.25, -0.2) is 0 Å². The van der Waals surface area contributed by atoms with E-state index in [1.54, 1.807) is 0 Å². The van der Waals surface area contributed by atoms with Crippen LogP contribution in [0.25, 0.3) is 5.57 Å². The summed E-state index contributed by atoms with van der Waals surface area (Å²) in [5.41, 5.74) is 3.79. The SMILES string of the molecule is PC(=C(c1ccccc1)c1ccccc1)P(c1ccccc1)c1ccccc1. The maximum absolute atomic E-state index is 3.09. The molecule has 0 aliphatic rings. The lowest BCUT2D eigenvalue weighted by Gasteiger charge is -2.23. The molecule has 0 heterocycles. The van der Waals surface area contributed by atoms with Gasteiger partial charge in [0.2, 0.25) is 0 Å². The van der Waals surface area contributed by atoms with Crippen molar-refractivity contribution >= 4 is 33.3 Å². The molecule has 0 aliphatic heterocycles. The summed E-state index contributed by atoms with van der Waals surface area (Å²) in [6, 6.07) is 43.1. The molecule has 0 radical (unpaired) electrons. The van der Waals surface area contributed by atoms with Gasteiger partial charge in [-0.1, -0.05) is 121 Å². The molecule has 4 rings (SSSR count). The summed E-state index contributed by atoms with van der Waals surface area (Å²) >= 11 is 0. The van der Waals surface area contributed by atoms with Gasteiger partial charge in [0, 0.05) is 0 Å². The van der Waals surface area contributed by atoms with E-state index in [1.165, 1.54) is 32.4 Å². The van der Waals surface area contributed by atoms with Crippen LogP contribution in [0.3, 0.4) is 0 Å². The summed E-state index contributed by atoms with van der Waals surface area (Å²) in [5, 5.41) is 4.06. The molecule has 0 saturated heterocycles. The molecular weight excluding hydrogens is 374 g/mol. The molecule has 2 heteroatoms. The van der Waals surface area contributed by atoms with Crippen molar-refractivity contribution in [2.24, 2.45) is 0 Å². The summed E-state index contributed by atoms with van der Waals surface area (Å²) in [7, 11) is 2.43. The molecule has 0 N–H and O–H groups in total. The van der Waals surface area contributed by atoms with Crippen molar-refractivity contribution in [3.63, 3.8) is 0 Å². The van der Waals surface area contributed by atoms with Gasteiger partial charge in [0.15, 0.2) is 0 Å². The summed E-state index contributed by atoms with van der Waals surface area (Å²) in [6.45, 7) is 0. The first kappa shape index (κ1) is 18.8. The Morgan fingerprint density at radius 2 is 0.786 bits per heavy atom. The van der Waals surface area contributed by atoms with Gasteiger partial charge >= 0.3 is 0 Å². The maximum atomic E-state index is 3.09. The first-order chi connectivity index (χ1) is 13.8. The van der Waals surface area contributed by atoms with Crippen molar-refractivity contribution in [1.82, 2.24) is 0 Å². The number of benzene rings is 4. The Morgan fingerprint density at radius 3 is 1.14 bits per heavy atom. The van der Waals surface area contributed by atoms with Crippen molar-refractivity contribution < 1.29 is 0 Å².